The van der Waals surface area contributed by atoms with Gasteiger partial charge in [0.1, 0.15) is 12.7 Å². The fourth-order valence-electron chi connectivity index (χ4n) is 2.51. The van der Waals surface area contributed by atoms with E-state index in [1.54, 1.807) is 29.2 Å². The van der Waals surface area contributed by atoms with E-state index in [0.717, 1.165) is 11.3 Å². The molecule has 1 heterocycles. The van der Waals surface area contributed by atoms with Crippen LogP contribution in [0.4, 0.5) is 0 Å². The summed E-state index contributed by atoms with van der Waals surface area (Å²) < 4.78 is 12.4. The van der Waals surface area contributed by atoms with Gasteiger partial charge in [0.25, 0.3) is 5.91 Å². The predicted molar refractivity (Wildman–Crippen MR) is 102 cm³/mol. The highest BCUT2D eigenvalue weighted by Gasteiger charge is 2.10. The Balaban J connectivity index is 1.51. The molecular weight excluding hydrogens is 360 g/mol. The van der Waals surface area contributed by atoms with Crippen LogP contribution >= 0.6 is 0 Å². The zero-order valence-electron chi connectivity index (χ0n) is 15.6. The Hall–Kier alpha value is -3.68. The fraction of sp³-hybridized carbons (Fsp3) is 0.200. The Labute approximate surface area is 162 Å². The van der Waals surface area contributed by atoms with Gasteiger partial charge in [0.2, 0.25) is 0 Å². The normalized spacial score (nSPS) is 10.4. The standard InChI is InChI=1S/C20H20N4O4/c1-14(25)16-5-8-18(19(9-16)27-2)28-11-20(26)22-10-15-3-6-17(7-4-15)24-13-21-12-23-24/h3-9,12-13H,10-11H2,1-2H3,(H,22,26). The molecule has 0 spiro atoms. The summed E-state index contributed by atoms with van der Waals surface area (Å²) in [4.78, 5) is 27.4. The van der Waals surface area contributed by atoms with Crippen molar-refractivity contribution < 1.29 is 19.1 Å². The lowest BCUT2D eigenvalue weighted by atomic mass is 10.1. The third-order valence-corrected chi connectivity index (χ3v) is 4.04. The molecule has 144 valence electrons. The van der Waals surface area contributed by atoms with Gasteiger partial charge < -0.3 is 14.8 Å². The molecule has 1 aromatic heterocycles. The zero-order valence-corrected chi connectivity index (χ0v) is 15.6. The first-order valence-electron chi connectivity index (χ1n) is 8.59. The molecule has 8 heteroatoms. The summed E-state index contributed by atoms with van der Waals surface area (Å²) in [7, 11) is 1.48. The first-order chi connectivity index (χ1) is 13.6. The van der Waals surface area contributed by atoms with Crippen LogP contribution in [0.2, 0.25) is 0 Å². The third kappa shape index (κ3) is 4.73. The molecule has 28 heavy (non-hydrogen) atoms. The minimum absolute atomic E-state index is 0.0718. The van der Waals surface area contributed by atoms with Gasteiger partial charge in [-0.15, -0.1) is 0 Å². The molecule has 0 aliphatic heterocycles. The van der Waals surface area contributed by atoms with Gasteiger partial charge in [-0.25, -0.2) is 9.67 Å². The molecule has 0 aliphatic carbocycles. The van der Waals surface area contributed by atoms with Crippen molar-refractivity contribution in [1.29, 1.82) is 0 Å². The molecule has 0 aliphatic rings. The fourth-order valence-corrected chi connectivity index (χ4v) is 2.51. The summed E-state index contributed by atoms with van der Waals surface area (Å²) in [5, 5.41) is 6.86. The van der Waals surface area contributed by atoms with Gasteiger partial charge >= 0.3 is 0 Å². The van der Waals surface area contributed by atoms with Gasteiger partial charge in [-0.05, 0) is 42.8 Å². The van der Waals surface area contributed by atoms with Crippen LogP contribution in [0.3, 0.4) is 0 Å². The quantitative estimate of drug-likeness (QED) is 0.602. The molecule has 2 aromatic carbocycles. The van der Waals surface area contributed by atoms with E-state index in [-0.39, 0.29) is 18.3 Å². The van der Waals surface area contributed by atoms with Crippen molar-refractivity contribution in [2.45, 2.75) is 13.5 Å². The number of carbonyl (C=O) groups is 2. The van der Waals surface area contributed by atoms with Gasteiger partial charge in [-0.3, -0.25) is 9.59 Å². The number of nitrogens with one attached hydrogen (secondary N) is 1. The van der Waals surface area contributed by atoms with E-state index < -0.39 is 0 Å². The summed E-state index contributed by atoms with van der Waals surface area (Å²) in [6.07, 6.45) is 3.09. The first kappa shape index (κ1) is 19.1. The van der Waals surface area contributed by atoms with Crippen molar-refractivity contribution in [1.82, 2.24) is 20.1 Å². The smallest absolute Gasteiger partial charge is 0.258 e. The maximum Gasteiger partial charge on any atom is 0.258 e. The number of aromatic nitrogens is 3. The lowest BCUT2D eigenvalue weighted by Gasteiger charge is -2.12. The number of benzene rings is 2. The van der Waals surface area contributed by atoms with Gasteiger partial charge in [-0.2, -0.15) is 5.10 Å². The highest BCUT2D eigenvalue weighted by molar-refractivity contribution is 5.94. The van der Waals surface area contributed by atoms with E-state index in [1.165, 1.54) is 20.4 Å². The van der Waals surface area contributed by atoms with Crippen LogP contribution in [-0.4, -0.2) is 40.2 Å². The lowest BCUT2D eigenvalue weighted by Crippen LogP contribution is -2.28. The van der Waals surface area contributed by atoms with Crippen LogP contribution in [0.1, 0.15) is 22.8 Å². The largest absolute Gasteiger partial charge is 0.493 e. The first-order valence-corrected chi connectivity index (χ1v) is 8.59. The number of hydrogen-bond acceptors (Lipinski definition) is 6. The van der Waals surface area contributed by atoms with E-state index in [0.29, 0.717) is 23.6 Å². The molecule has 0 saturated carbocycles. The number of Topliss-reactive ketones (excluding diaryl/α,β-unsaturated/α-hetero) is 1. The maximum absolute atomic E-state index is 12.1. The van der Waals surface area contributed by atoms with Crippen molar-refractivity contribution in [2.24, 2.45) is 0 Å². The third-order valence-electron chi connectivity index (χ3n) is 4.04. The molecule has 0 unspecified atom stereocenters. The molecule has 0 atom stereocenters. The van der Waals surface area contributed by atoms with Gasteiger partial charge in [0.05, 0.1) is 12.8 Å². The van der Waals surface area contributed by atoms with Crippen LogP contribution in [0, 0.1) is 0 Å². The van der Waals surface area contributed by atoms with Crippen LogP contribution in [-0.2, 0) is 11.3 Å². The van der Waals surface area contributed by atoms with E-state index in [2.05, 4.69) is 15.4 Å². The number of carbonyl (C=O) groups excluding carboxylic acids is 2. The number of ether oxygens (including phenoxy) is 2. The van der Waals surface area contributed by atoms with Gasteiger partial charge in [0, 0.05) is 12.1 Å². The Kier molecular flexibility index (Phi) is 6.01. The minimum Gasteiger partial charge on any atom is -0.493 e. The summed E-state index contributed by atoms with van der Waals surface area (Å²) >= 11 is 0. The lowest BCUT2D eigenvalue weighted by molar-refractivity contribution is -0.123. The summed E-state index contributed by atoms with van der Waals surface area (Å²) in [6, 6.07) is 12.4. The van der Waals surface area contributed by atoms with Crippen molar-refractivity contribution >= 4 is 11.7 Å². The second-order valence-electron chi connectivity index (χ2n) is 5.99. The zero-order chi connectivity index (χ0) is 19.9. The Morgan fingerprint density at radius 1 is 1.11 bits per heavy atom. The summed E-state index contributed by atoms with van der Waals surface area (Å²) in [5.74, 6) is 0.472. The van der Waals surface area contributed by atoms with Gasteiger partial charge in [-0.1, -0.05) is 12.1 Å². The molecule has 0 radical (unpaired) electrons. The van der Waals surface area contributed by atoms with Crippen LogP contribution in [0.5, 0.6) is 11.5 Å². The molecule has 3 aromatic rings. The number of ketones is 1. The van der Waals surface area contributed by atoms with Crippen molar-refractivity contribution in [3.8, 4) is 17.2 Å². The van der Waals surface area contributed by atoms with E-state index >= 15 is 0 Å². The van der Waals surface area contributed by atoms with Crippen LogP contribution in [0.25, 0.3) is 5.69 Å². The van der Waals surface area contributed by atoms with Gasteiger partial charge in [0.15, 0.2) is 23.9 Å². The highest BCUT2D eigenvalue weighted by Crippen LogP contribution is 2.28. The minimum atomic E-state index is -0.266. The Morgan fingerprint density at radius 3 is 2.54 bits per heavy atom. The summed E-state index contributed by atoms with van der Waals surface area (Å²) in [6.45, 7) is 1.69. The molecule has 8 nitrogen and oxygen atoms in total. The number of methoxy groups -OCH3 is 1. The van der Waals surface area contributed by atoms with E-state index in [9.17, 15) is 9.59 Å². The average molecular weight is 380 g/mol. The maximum atomic E-state index is 12.1. The van der Waals surface area contributed by atoms with Crippen LogP contribution < -0.4 is 14.8 Å². The predicted octanol–water partition coefficient (Wildman–Crippen LogP) is 2.17. The van der Waals surface area contributed by atoms with E-state index in [4.69, 9.17) is 9.47 Å². The van der Waals surface area contributed by atoms with E-state index in [1.807, 2.05) is 24.3 Å². The molecule has 1 N–H and O–H groups in total. The molecule has 1 amide bonds. The Morgan fingerprint density at radius 2 is 1.89 bits per heavy atom. The Bertz CT molecular complexity index is 953. The van der Waals surface area contributed by atoms with Crippen molar-refractivity contribution in [3.63, 3.8) is 0 Å². The van der Waals surface area contributed by atoms with Crippen LogP contribution in [0.15, 0.2) is 55.1 Å². The molecular formula is C20H20N4O4. The molecule has 0 saturated heterocycles. The molecule has 0 bridgehead atoms. The molecule has 0 fully saturated rings. The second-order valence-corrected chi connectivity index (χ2v) is 5.99. The second kappa shape index (κ2) is 8.81. The average Bonchev–Trinajstić information content (AvgIpc) is 3.25. The SMILES string of the molecule is COc1cc(C(C)=O)ccc1OCC(=O)NCc1ccc(-n2cncn2)cc1. The van der Waals surface area contributed by atoms with Crippen molar-refractivity contribution in [3.05, 3.63) is 66.2 Å². The monoisotopic (exact) mass is 380 g/mol. The number of rotatable bonds is 8. The number of hydrogen-bond donors (Lipinski definition) is 1. The summed E-state index contributed by atoms with van der Waals surface area (Å²) in [5.41, 5.74) is 2.35. The number of nitrogens with zero attached hydrogens (tertiary/aromatic N) is 3. The topological polar surface area (TPSA) is 95.3 Å². The number of amides is 1. The van der Waals surface area contributed by atoms with Crippen molar-refractivity contribution in [2.75, 3.05) is 13.7 Å². The highest BCUT2D eigenvalue weighted by atomic mass is 16.5. The molecule has 3 rings (SSSR count).